The van der Waals surface area contributed by atoms with E-state index in [9.17, 15) is 0 Å². The molecule has 2 aliphatic rings. The number of aromatic nitrogens is 2. The summed E-state index contributed by atoms with van der Waals surface area (Å²) in [5.41, 5.74) is 2.02. The SMILES string of the molecule is Cc1cn([C@@H]2O[C@@H](c3ccc(S)cc3)[C@@H]3OC(C)(C)O[C@@H]32)cn1. The molecule has 4 atom stereocenters. The highest BCUT2D eigenvalue weighted by molar-refractivity contribution is 7.80. The molecule has 0 N–H and O–H groups in total. The monoisotopic (exact) mass is 332 g/mol. The van der Waals surface area contributed by atoms with E-state index in [4.69, 9.17) is 14.2 Å². The third kappa shape index (κ3) is 2.70. The van der Waals surface area contributed by atoms with Crippen LogP contribution >= 0.6 is 12.6 Å². The van der Waals surface area contributed by atoms with E-state index in [2.05, 4.69) is 17.6 Å². The lowest BCUT2D eigenvalue weighted by atomic mass is 10.0. The Hall–Kier alpha value is -1.34. The predicted octanol–water partition coefficient (Wildman–Crippen LogP) is 3.27. The van der Waals surface area contributed by atoms with Gasteiger partial charge in [0.1, 0.15) is 18.3 Å². The van der Waals surface area contributed by atoms with Gasteiger partial charge in [-0.25, -0.2) is 4.98 Å². The van der Waals surface area contributed by atoms with Crippen molar-refractivity contribution >= 4 is 12.6 Å². The van der Waals surface area contributed by atoms with Crippen LogP contribution in [0.15, 0.2) is 41.7 Å². The van der Waals surface area contributed by atoms with Crippen molar-refractivity contribution in [1.82, 2.24) is 9.55 Å². The van der Waals surface area contributed by atoms with Crippen LogP contribution in [-0.4, -0.2) is 27.5 Å². The molecule has 122 valence electrons. The van der Waals surface area contributed by atoms with Gasteiger partial charge >= 0.3 is 0 Å². The highest BCUT2D eigenvalue weighted by atomic mass is 32.1. The van der Waals surface area contributed by atoms with Crippen LogP contribution in [-0.2, 0) is 14.2 Å². The van der Waals surface area contributed by atoms with Gasteiger partial charge in [0.15, 0.2) is 12.0 Å². The summed E-state index contributed by atoms with van der Waals surface area (Å²) in [5.74, 6) is -0.616. The summed E-state index contributed by atoms with van der Waals surface area (Å²) >= 11 is 4.35. The minimum absolute atomic E-state index is 0.150. The molecule has 6 heteroatoms. The maximum atomic E-state index is 6.30. The minimum Gasteiger partial charge on any atom is -0.344 e. The molecule has 1 aromatic carbocycles. The summed E-state index contributed by atoms with van der Waals surface area (Å²) in [4.78, 5) is 5.22. The number of hydrogen-bond acceptors (Lipinski definition) is 5. The van der Waals surface area contributed by atoms with Gasteiger partial charge in [0, 0.05) is 11.1 Å². The lowest BCUT2D eigenvalue weighted by Gasteiger charge is -2.24. The zero-order valence-electron chi connectivity index (χ0n) is 13.3. The van der Waals surface area contributed by atoms with E-state index < -0.39 is 5.79 Å². The zero-order chi connectivity index (χ0) is 16.2. The molecule has 2 fully saturated rings. The standard InChI is InChI=1S/C17H20N2O3S/c1-10-8-19(9-18-10)16-15-14(21-17(2,3)22-15)13(20-16)11-4-6-12(23)7-5-11/h4-9,13-16,23H,1-3H3/t13-,14-,15-,16+/m0/s1. The Bertz CT molecular complexity index is 713. The van der Waals surface area contributed by atoms with Crippen molar-refractivity contribution in [1.29, 1.82) is 0 Å². The maximum absolute atomic E-state index is 6.30. The molecule has 0 radical (unpaired) electrons. The van der Waals surface area contributed by atoms with E-state index in [0.717, 1.165) is 16.2 Å². The summed E-state index contributed by atoms with van der Waals surface area (Å²) < 4.78 is 20.5. The van der Waals surface area contributed by atoms with E-state index in [1.165, 1.54) is 0 Å². The molecule has 5 nitrogen and oxygen atoms in total. The first-order valence-corrected chi connectivity index (χ1v) is 8.18. The largest absolute Gasteiger partial charge is 0.344 e. The van der Waals surface area contributed by atoms with E-state index in [1.807, 2.05) is 55.8 Å². The zero-order valence-corrected chi connectivity index (χ0v) is 14.2. The van der Waals surface area contributed by atoms with E-state index in [-0.39, 0.29) is 24.5 Å². The second-order valence-electron chi connectivity index (χ2n) is 6.57. The fourth-order valence-electron chi connectivity index (χ4n) is 3.33. The Morgan fingerprint density at radius 3 is 2.48 bits per heavy atom. The topological polar surface area (TPSA) is 45.5 Å². The molecule has 0 bridgehead atoms. The average molecular weight is 332 g/mol. The lowest BCUT2D eigenvalue weighted by molar-refractivity contribution is -0.197. The van der Waals surface area contributed by atoms with Gasteiger partial charge in [0.2, 0.25) is 0 Å². The first kappa shape index (κ1) is 15.2. The van der Waals surface area contributed by atoms with Crippen molar-refractivity contribution in [3.63, 3.8) is 0 Å². The molecule has 2 aliphatic heterocycles. The van der Waals surface area contributed by atoms with Gasteiger partial charge < -0.3 is 18.8 Å². The first-order chi connectivity index (χ1) is 10.9. The smallest absolute Gasteiger partial charge is 0.164 e. The van der Waals surface area contributed by atoms with Crippen LogP contribution in [0.5, 0.6) is 0 Å². The maximum Gasteiger partial charge on any atom is 0.164 e. The van der Waals surface area contributed by atoms with Gasteiger partial charge in [-0.1, -0.05) is 12.1 Å². The number of imidazole rings is 1. The second kappa shape index (κ2) is 5.34. The van der Waals surface area contributed by atoms with Crippen molar-refractivity contribution in [3.8, 4) is 0 Å². The molecule has 23 heavy (non-hydrogen) atoms. The number of benzene rings is 1. The third-order valence-corrected chi connectivity index (χ3v) is 4.57. The molecular formula is C17H20N2O3S. The molecule has 0 unspecified atom stereocenters. The molecular weight excluding hydrogens is 312 g/mol. The number of hydrogen-bond donors (Lipinski definition) is 1. The van der Waals surface area contributed by atoms with Gasteiger partial charge in [-0.05, 0) is 38.5 Å². The molecule has 0 saturated carbocycles. The van der Waals surface area contributed by atoms with Crippen molar-refractivity contribution in [3.05, 3.63) is 48.0 Å². The Morgan fingerprint density at radius 2 is 1.83 bits per heavy atom. The third-order valence-electron chi connectivity index (χ3n) is 4.28. The fraction of sp³-hybridized carbons (Fsp3) is 0.471. The summed E-state index contributed by atoms with van der Waals surface area (Å²) in [6.45, 7) is 5.84. The first-order valence-electron chi connectivity index (χ1n) is 7.73. The summed E-state index contributed by atoms with van der Waals surface area (Å²) in [7, 11) is 0. The lowest BCUT2D eigenvalue weighted by Crippen LogP contribution is -2.27. The van der Waals surface area contributed by atoms with Crippen LogP contribution in [0.2, 0.25) is 0 Å². The number of ether oxygens (including phenoxy) is 3. The van der Waals surface area contributed by atoms with Crippen LogP contribution < -0.4 is 0 Å². The van der Waals surface area contributed by atoms with E-state index in [1.54, 1.807) is 6.33 Å². The number of rotatable bonds is 2. The average Bonchev–Trinajstić information content (AvgIpc) is 3.13. The quantitative estimate of drug-likeness (QED) is 0.858. The number of nitrogens with zero attached hydrogens (tertiary/aromatic N) is 2. The van der Waals surface area contributed by atoms with Crippen molar-refractivity contribution in [2.24, 2.45) is 0 Å². The van der Waals surface area contributed by atoms with E-state index in [0.29, 0.717) is 0 Å². The summed E-state index contributed by atoms with van der Waals surface area (Å²) in [5, 5.41) is 0. The van der Waals surface area contributed by atoms with Crippen molar-refractivity contribution < 1.29 is 14.2 Å². The van der Waals surface area contributed by atoms with Crippen LogP contribution in [0.1, 0.15) is 37.4 Å². The molecule has 0 amide bonds. The summed E-state index contributed by atoms with van der Waals surface area (Å²) in [6, 6.07) is 7.99. The molecule has 0 spiro atoms. The van der Waals surface area contributed by atoms with Gasteiger partial charge in [-0.2, -0.15) is 0 Å². The van der Waals surface area contributed by atoms with Gasteiger partial charge in [0.05, 0.1) is 12.0 Å². The molecule has 2 saturated heterocycles. The van der Waals surface area contributed by atoms with Crippen LogP contribution in [0.4, 0.5) is 0 Å². The van der Waals surface area contributed by atoms with E-state index >= 15 is 0 Å². The Balaban J connectivity index is 1.69. The van der Waals surface area contributed by atoms with Crippen LogP contribution in [0.25, 0.3) is 0 Å². The molecule has 4 rings (SSSR count). The fourth-order valence-corrected chi connectivity index (χ4v) is 3.48. The van der Waals surface area contributed by atoms with Gasteiger partial charge in [-0.3, -0.25) is 0 Å². The molecule has 1 aromatic heterocycles. The van der Waals surface area contributed by atoms with Crippen LogP contribution in [0, 0.1) is 6.92 Å². The molecule has 2 aromatic rings. The Labute approximate surface area is 141 Å². The number of thiol groups is 1. The van der Waals surface area contributed by atoms with Crippen molar-refractivity contribution in [2.75, 3.05) is 0 Å². The molecule has 0 aliphatic carbocycles. The highest BCUT2D eigenvalue weighted by Gasteiger charge is 2.56. The minimum atomic E-state index is -0.616. The summed E-state index contributed by atoms with van der Waals surface area (Å²) in [6.07, 6.45) is 3.01. The number of aryl methyl sites for hydroxylation is 1. The van der Waals surface area contributed by atoms with Gasteiger partial charge in [0.25, 0.3) is 0 Å². The van der Waals surface area contributed by atoms with Gasteiger partial charge in [-0.15, -0.1) is 12.6 Å². The second-order valence-corrected chi connectivity index (χ2v) is 7.08. The van der Waals surface area contributed by atoms with Crippen LogP contribution in [0.3, 0.4) is 0 Å². The normalized spacial score (nSPS) is 32.2. The molecule has 3 heterocycles. The number of fused-ring (bicyclic) bond motifs is 1. The highest BCUT2D eigenvalue weighted by Crippen LogP contribution is 2.48. The Kier molecular flexibility index (Phi) is 3.53. The predicted molar refractivity (Wildman–Crippen MR) is 87.3 cm³/mol. The van der Waals surface area contributed by atoms with Crippen molar-refractivity contribution in [2.45, 2.75) is 56.0 Å². The Morgan fingerprint density at radius 1 is 1.13 bits per heavy atom.